The van der Waals surface area contributed by atoms with Gasteiger partial charge in [-0.25, -0.2) is 8.78 Å². The lowest BCUT2D eigenvalue weighted by Gasteiger charge is -2.08. The van der Waals surface area contributed by atoms with Crippen molar-refractivity contribution in [1.82, 2.24) is 5.32 Å². The number of carboxylic acid groups (broad SMARTS) is 1. The maximum atomic E-state index is 13.0. The van der Waals surface area contributed by atoms with Gasteiger partial charge in [0.15, 0.2) is 11.6 Å². The van der Waals surface area contributed by atoms with Gasteiger partial charge in [0.1, 0.15) is 0 Å². The van der Waals surface area contributed by atoms with E-state index in [-0.39, 0.29) is 12.3 Å². The van der Waals surface area contributed by atoms with Crippen molar-refractivity contribution in [2.75, 3.05) is 12.3 Å². The molecule has 0 fully saturated rings. The molecule has 0 bridgehead atoms. The van der Waals surface area contributed by atoms with Gasteiger partial charge in [0.05, 0.1) is 5.92 Å². The molecule has 1 unspecified atom stereocenters. The van der Waals surface area contributed by atoms with Gasteiger partial charge in [0.25, 0.3) is 0 Å². The Bertz CT molecular complexity index is 511. The molecular weight excluding hydrogens is 300 g/mol. The summed E-state index contributed by atoms with van der Waals surface area (Å²) in [4.78, 5) is 22.6. The summed E-state index contributed by atoms with van der Waals surface area (Å²) < 4.78 is 25.7. The SMILES string of the molecule is CC(CCNC(=O)CCSc1ccc(F)c(F)c1)C(=O)O. The lowest BCUT2D eigenvalue weighted by molar-refractivity contribution is -0.141. The van der Waals surface area contributed by atoms with Crippen LogP contribution >= 0.6 is 11.8 Å². The Kier molecular flexibility index (Phi) is 7.14. The zero-order chi connectivity index (χ0) is 15.8. The highest BCUT2D eigenvalue weighted by atomic mass is 32.2. The molecule has 0 radical (unpaired) electrons. The Balaban J connectivity index is 2.21. The number of halogens is 2. The van der Waals surface area contributed by atoms with Crippen LogP contribution in [-0.4, -0.2) is 29.3 Å². The van der Waals surface area contributed by atoms with Gasteiger partial charge in [-0.3, -0.25) is 9.59 Å². The lowest BCUT2D eigenvalue weighted by Crippen LogP contribution is -2.27. The van der Waals surface area contributed by atoms with Crippen molar-refractivity contribution in [2.45, 2.75) is 24.7 Å². The molecule has 0 aromatic heterocycles. The molecule has 1 aromatic rings. The lowest BCUT2D eigenvalue weighted by atomic mass is 10.1. The first-order valence-corrected chi connectivity index (χ1v) is 7.46. The van der Waals surface area contributed by atoms with Crippen LogP contribution in [0.1, 0.15) is 19.8 Å². The van der Waals surface area contributed by atoms with Gasteiger partial charge in [-0.1, -0.05) is 6.92 Å². The molecule has 1 aromatic carbocycles. The summed E-state index contributed by atoms with van der Waals surface area (Å²) in [6.07, 6.45) is 0.600. The fraction of sp³-hybridized carbons (Fsp3) is 0.429. The third-order valence-corrected chi connectivity index (χ3v) is 3.81. The van der Waals surface area contributed by atoms with E-state index in [1.54, 1.807) is 6.92 Å². The second-order valence-corrected chi connectivity index (χ2v) is 5.72. The van der Waals surface area contributed by atoms with Crippen LogP contribution in [-0.2, 0) is 9.59 Å². The Morgan fingerprint density at radius 3 is 2.67 bits per heavy atom. The summed E-state index contributed by atoms with van der Waals surface area (Å²) in [6, 6.07) is 3.59. The Hall–Kier alpha value is -1.63. The van der Waals surface area contributed by atoms with Crippen LogP contribution in [0.2, 0.25) is 0 Å². The van der Waals surface area contributed by atoms with Gasteiger partial charge in [-0.15, -0.1) is 11.8 Å². The molecule has 0 aliphatic rings. The highest BCUT2D eigenvalue weighted by Crippen LogP contribution is 2.20. The first-order chi connectivity index (χ1) is 9.90. The molecule has 0 aliphatic carbocycles. The number of rotatable bonds is 8. The monoisotopic (exact) mass is 317 g/mol. The number of carbonyl (C=O) groups excluding carboxylic acids is 1. The van der Waals surface area contributed by atoms with Crippen LogP contribution in [0.4, 0.5) is 8.78 Å². The van der Waals surface area contributed by atoms with E-state index in [0.29, 0.717) is 23.6 Å². The van der Waals surface area contributed by atoms with E-state index in [9.17, 15) is 18.4 Å². The molecule has 1 atom stereocenters. The number of nitrogens with one attached hydrogen (secondary N) is 1. The van der Waals surface area contributed by atoms with Gasteiger partial charge >= 0.3 is 5.97 Å². The number of amides is 1. The third kappa shape index (κ3) is 6.57. The Morgan fingerprint density at radius 2 is 2.05 bits per heavy atom. The summed E-state index contributed by atoms with van der Waals surface area (Å²) in [7, 11) is 0. The summed E-state index contributed by atoms with van der Waals surface area (Å²) in [5.74, 6) is -2.95. The number of carbonyl (C=O) groups is 2. The van der Waals surface area contributed by atoms with E-state index in [4.69, 9.17) is 5.11 Å². The van der Waals surface area contributed by atoms with E-state index in [1.165, 1.54) is 17.8 Å². The van der Waals surface area contributed by atoms with Crippen molar-refractivity contribution < 1.29 is 23.5 Å². The standard InChI is InChI=1S/C14H17F2NO3S/c1-9(14(19)20)4-6-17-13(18)5-7-21-10-2-3-11(15)12(16)8-10/h2-3,8-9H,4-7H2,1H3,(H,17,18)(H,19,20). The van der Waals surface area contributed by atoms with Crippen molar-refractivity contribution in [3.05, 3.63) is 29.8 Å². The number of hydrogen-bond donors (Lipinski definition) is 2. The molecule has 0 saturated heterocycles. The zero-order valence-electron chi connectivity index (χ0n) is 11.6. The van der Waals surface area contributed by atoms with E-state index in [1.807, 2.05) is 0 Å². The average molecular weight is 317 g/mol. The normalized spacial score (nSPS) is 12.0. The molecule has 1 rings (SSSR count). The topological polar surface area (TPSA) is 66.4 Å². The largest absolute Gasteiger partial charge is 0.481 e. The molecule has 0 spiro atoms. The molecule has 116 valence electrons. The van der Waals surface area contributed by atoms with Crippen molar-refractivity contribution >= 4 is 23.6 Å². The number of carboxylic acids is 1. The molecule has 21 heavy (non-hydrogen) atoms. The van der Waals surface area contributed by atoms with Crippen molar-refractivity contribution in [3.63, 3.8) is 0 Å². The first-order valence-electron chi connectivity index (χ1n) is 6.47. The zero-order valence-corrected chi connectivity index (χ0v) is 12.4. The molecule has 2 N–H and O–H groups in total. The highest BCUT2D eigenvalue weighted by Gasteiger charge is 2.11. The number of thioether (sulfide) groups is 1. The highest BCUT2D eigenvalue weighted by molar-refractivity contribution is 7.99. The molecule has 4 nitrogen and oxygen atoms in total. The minimum Gasteiger partial charge on any atom is -0.481 e. The van der Waals surface area contributed by atoms with Crippen LogP contribution in [0.5, 0.6) is 0 Å². The maximum Gasteiger partial charge on any atom is 0.306 e. The van der Waals surface area contributed by atoms with Crippen LogP contribution < -0.4 is 5.32 Å². The van der Waals surface area contributed by atoms with Crippen LogP contribution in [0.3, 0.4) is 0 Å². The second-order valence-electron chi connectivity index (χ2n) is 4.55. The average Bonchev–Trinajstić information content (AvgIpc) is 2.42. The Morgan fingerprint density at radius 1 is 1.33 bits per heavy atom. The van der Waals surface area contributed by atoms with Crippen molar-refractivity contribution in [3.8, 4) is 0 Å². The molecule has 0 aliphatic heterocycles. The quantitative estimate of drug-likeness (QED) is 0.724. The fourth-order valence-electron chi connectivity index (χ4n) is 1.47. The van der Waals surface area contributed by atoms with Gasteiger partial charge < -0.3 is 10.4 Å². The van der Waals surface area contributed by atoms with Gasteiger partial charge in [-0.2, -0.15) is 0 Å². The van der Waals surface area contributed by atoms with E-state index >= 15 is 0 Å². The minimum absolute atomic E-state index is 0.192. The minimum atomic E-state index is -0.910. The third-order valence-electron chi connectivity index (χ3n) is 2.81. The van der Waals surface area contributed by atoms with E-state index in [0.717, 1.165) is 12.1 Å². The molecule has 0 saturated carbocycles. The summed E-state index contributed by atoms with van der Waals surface area (Å²) in [6.45, 7) is 1.88. The van der Waals surface area contributed by atoms with Crippen molar-refractivity contribution in [1.29, 1.82) is 0 Å². The molecular formula is C14H17F2NO3S. The summed E-state index contributed by atoms with van der Waals surface area (Å²) in [5.41, 5.74) is 0. The van der Waals surface area contributed by atoms with Gasteiger partial charge in [-0.05, 0) is 24.6 Å². The van der Waals surface area contributed by atoms with E-state index in [2.05, 4.69) is 5.32 Å². The predicted molar refractivity (Wildman–Crippen MR) is 76.1 cm³/mol. The van der Waals surface area contributed by atoms with E-state index < -0.39 is 23.5 Å². The maximum absolute atomic E-state index is 13.0. The molecule has 7 heteroatoms. The molecule has 1 amide bonds. The van der Waals surface area contributed by atoms with Gasteiger partial charge in [0, 0.05) is 23.6 Å². The number of aliphatic carboxylic acids is 1. The second kappa shape index (κ2) is 8.61. The Labute approximate surface area is 125 Å². The molecule has 0 heterocycles. The van der Waals surface area contributed by atoms with Crippen LogP contribution in [0, 0.1) is 17.6 Å². The van der Waals surface area contributed by atoms with Crippen LogP contribution in [0.15, 0.2) is 23.1 Å². The van der Waals surface area contributed by atoms with Gasteiger partial charge in [0.2, 0.25) is 5.91 Å². The van der Waals surface area contributed by atoms with Crippen LogP contribution in [0.25, 0.3) is 0 Å². The fourth-order valence-corrected chi connectivity index (χ4v) is 2.34. The number of hydrogen-bond acceptors (Lipinski definition) is 3. The smallest absolute Gasteiger partial charge is 0.306 e. The predicted octanol–water partition coefficient (Wildman–Crippen LogP) is 2.67. The summed E-state index contributed by atoms with van der Waals surface area (Å²) in [5, 5.41) is 11.3. The first kappa shape index (κ1) is 17.4. The summed E-state index contributed by atoms with van der Waals surface area (Å²) >= 11 is 1.25. The number of benzene rings is 1. The van der Waals surface area contributed by atoms with Crippen molar-refractivity contribution in [2.24, 2.45) is 5.92 Å².